The molecule has 12 heavy (non-hydrogen) atoms. The van der Waals surface area contributed by atoms with Crippen molar-refractivity contribution in [2.24, 2.45) is 11.8 Å². The molecule has 0 unspecified atom stereocenters. The molecule has 1 heteroatoms. The van der Waals surface area contributed by atoms with E-state index in [0.717, 1.165) is 22.3 Å². The summed E-state index contributed by atoms with van der Waals surface area (Å²) in [6.07, 6.45) is 10.9. The van der Waals surface area contributed by atoms with E-state index in [4.69, 9.17) is 0 Å². The maximum atomic E-state index is 2.37. The monoisotopic (exact) mass is 182 g/mol. The van der Waals surface area contributed by atoms with Gasteiger partial charge in [-0.25, -0.2) is 0 Å². The van der Waals surface area contributed by atoms with Crippen LogP contribution in [0.15, 0.2) is 0 Å². The zero-order valence-corrected chi connectivity index (χ0v) is 8.48. The molecule has 0 bridgehead atoms. The molecule has 0 nitrogen and oxygen atoms in total. The molecule has 2 saturated carbocycles. The third kappa shape index (κ3) is 1.13. The zero-order valence-electron chi connectivity index (χ0n) is 7.67. The Morgan fingerprint density at radius 1 is 0.750 bits per heavy atom. The van der Waals surface area contributed by atoms with Crippen molar-refractivity contribution >= 4 is 11.8 Å². The molecular formula is C11H18S. The van der Waals surface area contributed by atoms with Gasteiger partial charge in [0, 0.05) is 10.5 Å². The van der Waals surface area contributed by atoms with Crippen molar-refractivity contribution in [2.75, 3.05) is 0 Å². The average molecular weight is 182 g/mol. The molecule has 0 amide bonds. The summed E-state index contributed by atoms with van der Waals surface area (Å²) in [7, 11) is 0. The zero-order chi connectivity index (χ0) is 7.97. The van der Waals surface area contributed by atoms with E-state index >= 15 is 0 Å². The molecule has 68 valence electrons. The third-order valence-corrected chi connectivity index (χ3v) is 6.07. The first-order valence-corrected chi connectivity index (χ1v) is 6.53. The summed E-state index contributed by atoms with van der Waals surface area (Å²) in [5, 5.41) is 2.17. The number of hydrogen-bond donors (Lipinski definition) is 0. The number of thioether (sulfide) groups is 1. The van der Waals surface area contributed by atoms with Crippen molar-refractivity contribution in [3.8, 4) is 0 Å². The van der Waals surface area contributed by atoms with Crippen molar-refractivity contribution in [3.05, 3.63) is 0 Å². The van der Waals surface area contributed by atoms with E-state index in [1.165, 1.54) is 12.8 Å². The van der Waals surface area contributed by atoms with Crippen LogP contribution in [0.25, 0.3) is 0 Å². The fourth-order valence-corrected chi connectivity index (χ4v) is 5.51. The van der Waals surface area contributed by atoms with Crippen LogP contribution in [-0.2, 0) is 0 Å². The van der Waals surface area contributed by atoms with Gasteiger partial charge >= 0.3 is 0 Å². The largest absolute Gasteiger partial charge is 0.155 e. The summed E-state index contributed by atoms with van der Waals surface area (Å²) in [6, 6.07) is 0. The molecule has 0 aromatic rings. The maximum absolute atomic E-state index is 2.37. The van der Waals surface area contributed by atoms with E-state index in [2.05, 4.69) is 11.8 Å². The fourth-order valence-electron chi connectivity index (χ4n) is 3.52. The van der Waals surface area contributed by atoms with Crippen LogP contribution in [0.4, 0.5) is 0 Å². The van der Waals surface area contributed by atoms with E-state index in [0.29, 0.717) is 0 Å². The molecule has 3 aliphatic rings. The maximum Gasteiger partial charge on any atom is 0.00783 e. The van der Waals surface area contributed by atoms with Gasteiger partial charge in [0.25, 0.3) is 0 Å². The molecule has 0 aromatic carbocycles. The second-order valence-electron chi connectivity index (χ2n) is 4.83. The van der Waals surface area contributed by atoms with Crippen molar-refractivity contribution in [1.82, 2.24) is 0 Å². The standard InChI is InChI=1S/C11H18S/c1-3-8-7-9-4-2-6-11(9)12-10(8)5-1/h8-11H,1-7H2/t8-,9-,10-,11+/m1/s1. The molecule has 0 aromatic heterocycles. The summed E-state index contributed by atoms with van der Waals surface area (Å²) in [4.78, 5) is 0. The molecule has 0 N–H and O–H groups in total. The number of hydrogen-bond acceptors (Lipinski definition) is 1. The van der Waals surface area contributed by atoms with Crippen molar-refractivity contribution in [3.63, 3.8) is 0 Å². The summed E-state index contributed by atoms with van der Waals surface area (Å²) in [6.45, 7) is 0. The first-order chi connectivity index (χ1) is 5.93. The average Bonchev–Trinajstić information content (AvgIpc) is 2.64. The van der Waals surface area contributed by atoms with Crippen LogP contribution in [0.5, 0.6) is 0 Å². The SMILES string of the molecule is C1C[C@@H]2C[C@H]3CCC[C@H]3S[C@H]2C1. The Hall–Kier alpha value is 0.350. The second-order valence-corrected chi connectivity index (χ2v) is 6.31. The summed E-state index contributed by atoms with van der Waals surface area (Å²) < 4.78 is 0. The first-order valence-electron chi connectivity index (χ1n) is 5.59. The molecule has 1 aliphatic heterocycles. The molecule has 0 spiro atoms. The van der Waals surface area contributed by atoms with Crippen molar-refractivity contribution in [2.45, 2.75) is 55.4 Å². The Balaban J connectivity index is 1.75. The summed E-state index contributed by atoms with van der Waals surface area (Å²) >= 11 is 2.37. The lowest BCUT2D eigenvalue weighted by molar-refractivity contribution is 0.375. The first kappa shape index (κ1) is 7.73. The van der Waals surface area contributed by atoms with Gasteiger partial charge in [-0.05, 0) is 43.9 Å². The lowest BCUT2D eigenvalue weighted by Gasteiger charge is -2.34. The van der Waals surface area contributed by atoms with Crippen LogP contribution >= 0.6 is 11.8 Å². The van der Waals surface area contributed by atoms with Gasteiger partial charge in [-0.15, -0.1) is 0 Å². The van der Waals surface area contributed by atoms with Crippen LogP contribution in [0.1, 0.15) is 44.9 Å². The van der Waals surface area contributed by atoms with Crippen LogP contribution in [-0.4, -0.2) is 10.5 Å². The normalized spacial score (nSPS) is 52.0. The smallest absolute Gasteiger partial charge is 0.00783 e. The van der Waals surface area contributed by atoms with Crippen molar-refractivity contribution < 1.29 is 0 Å². The van der Waals surface area contributed by atoms with Gasteiger partial charge in [0.2, 0.25) is 0 Å². The van der Waals surface area contributed by atoms with Crippen molar-refractivity contribution in [1.29, 1.82) is 0 Å². The Morgan fingerprint density at radius 3 is 1.92 bits per heavy atom. The predicted octanol–water partition coefficient (Wildman–Crippen LogP) is 3.46. The fraction of sp³-hybridized carbons (Fsp3) is 1.00. The lowest BCUT2D eigenvalue weighted by atomic mass is 9.91. The minimum atomic E-state index is 1.09. The van der Waals surface area contributed by atoms with Crippen LogP contribution < -0.4 is 0 Å². The van der Waals surface area contributed by atoms with Gasteiger partial charge < -0.3 is 0 Å². The number of rotatable bonds is 0. The van der Waals surface area contributed by atoms with Gasteiger partial charge in [0.15, 0.2) is 0 Å². The molecular weight excluding hydrogens is 164 g/mol. The predicted molar refractivity (Wildman–Crippen MR) is 54.5 cm³/mol. The Labute approximate surface area is 79.5 Å². The van der Waals surface area contributed by atoms with E-state index in [1.807, 2.05) is 0 Å². The highest BCUT2D eigenvalue weighted by atomic mass is 32.2. The van der Waals surface area contributed by atoms with E-state index in [-0.39, 0.29) is 0 Å². The third-order valence-electron chi connectivity index (χ3n) is 4.13. The van der Waals surface area contributed by atoms with E-state index < -0.39 is 0 Å². The highest BCUT2D eigenvalue weighted by molar-refractivity contribution is 8.00. The lowest BCUT2D eigenvalue weighted by Crippen LogP contribution is -2.27. The van der Waals surface area contributed by atoms with Gasteiger partial charge in [0.1, 0.15) is 0 Å². The number of fused-ring (bicyclic) bond motifs is 2. The minimum Gasteiger partial charge on any atom is -0.155 e. The highest BCUT2D eigenvalue weighted by Gasteiger charge is 2.41. The minimum absolute atomic E-state index is 1.09. The Bertz CT molecular complexity index is 142. The van der Waals surface area contributed by atoms with E-state index in [9.17, 15) is 0 Å². The van der Waals surface area contributed by atoms with Crippen LogP contribution in [0, 0.1) is 11.8 Å². The van der Waals surface area contributed by atoms with Gasteiger partial charge in [-0.3, -0.25) is 0 Å². The highest BCUT2D eigenvalue weighted by Crippen LogP contribution is 2.52. The Kier molecular flexibility index (Phi) is 1.89. The molecule has 0 radical (unpaired) electrons. The summed E-state index contributed by atoms with van der Waals surface area (Å²) in [5.41, 5.74) is 0. The molecule has 3 fully saturated rings. The Morgan fingerprint density at radius 2 is 1.33 bits per heavy atom. The van der Waals surface area contributed by atoms with Crippen LogP contribution in [0.2, 0.25) is 0 Å². The van der Waals surface area contributed by atoms with E-state index in [1.54, 1.807) is 32.1 Å². The second kappa shape index (κ2) is 2.94. The quantitative estimate of drug-likeness (QED) is 0.553. The molecule has 1 saturated heterocycles. The molecule has 4 atom stereocenters. The van der Waals surface area contributed by atoms with Gasteiger partial charge in [0.05, 0.1) is 0 Å². The van der Waals surface area contributed by atoms with Crippen LogP contribution in [0.3, 0.4) is 0 Å². The molecule has 1 heterocycles. The topological polar surface area (TPSA) is 0 Å². The summed E-state index contributed by atoms with van der Waals surface area (Å²) in [5.74, 6) is 2.27. The van der Waals surface area contributed by atoms with Gasteiger partial charge in [-0.2, -0.15) is 11.8 Å². The molecule has 3 rings (SSSR count). The molecule has 2 aliphatic carbocycles. The van der Waals surface area contributed by atoms with Gasteiger partial charge in [-0.1, -0.05) is 12.8 Å².